The van der Waals surface area contributed by atoms with Gasteiger partial charge in [-0.25, -0.2) is 4.68 Å². The van der Waals surface area contributed by atoms with Gasteiger partial charge in [-0.2, -0.15) is 5.10 Å². The van der Waals surface area contributed by atoms with Crippen molar-refractivity contribution in [1.82, 2.24) is 34.3 Å². The maximum atomic E-state index is 12.3. The first-order valence-corrected chi connectivity index (χ1v) is 10.0. The van der Waals surface area contributed by atoms with Crippen LogP contribution in [0.1, 0.15) is 0 Å². The Balaban J connectivity index is 1.22. The lowest BCUT2D eigenvalue weighted by Gasteiger charge is -2.34. The van der Waals surface area contributed by atoms with Crippen LogP contribution in [-0.2, 0) is 6.54 Å². The zero-order chi connectivity index (χ0) is 20.3. The molecule has 4 aromatic rings. The molecule has 0 N–H and O–H groups in total. The molecule has 9 nitrogen and oxygen atoms in total. The highest BCUT2D eigenvalue weighted by atomic mass is 16.1. The van der Waals surface area contributed by atoms with E-state index in [1.165, 1.54) is 0 Å². The monoisotopic (exact) mass is 402 g/mol. The Kier molecular flexibility index (Phi) is 4.94. The van der Waals surface area contributed by atoms with Crippen molar-refractivity contribution < 1.29 is 0 Å². The van der Waals surface area contributed by atoms with E-state index < -0.39 is 0 Å². The Labute approximate surface area is 173 Å². The molecule has 0 amide bonds. The van der Waals surface area contributed by atoms with Crippen molar-refractivity contribution in [3.8, 4) is 11.3 Å². The van der Waals surface area contributed by atoms with Gasteiger partial charge < -0.3 is 4.90 Å². The van der Waals surface area contributed by atoms with Crippen molar-refractivity contribution in [2.45, 2.75) is 6.54 Å². The minimum Gasteiger partial charge on any atom is -0.338 e. The van der Waals surface area contributed by atoms with Crippen molar-refractivity contribution in [1.29, 1.82) is 0 Å². The SMILES string of the molecule is O=c1ccc(-c2ccncc2)nn1CCN1CCN(c2nnc3ccccn23)CC1. The van der Waals surface area contributed by atoms with Crippen molar-refractivity contribution in [2.75, 3.05) is 37.6 Å². The molecule has 0 radical (unpaired) electrons. The van der Waals surface area contributed by atoms with E-state index in [1.807, 2.05) is 40.9 Å². The Hall–Kier alpha value is -3.59. The van der Waals surface area contributed by atoms with Crippen LogP contribution in [-0.4, -0.2) is 67.0 Å². The maximum Gasteiger partial charge on any atom is 0.266 e. The van der Waals surface area contributed by atoms with Crippen molar-refractivity contribution in [3.63, 3.8) is 0 Å². The van der Waals surface area contributed by atoms with E-state index >= 15 is 0 Å². The smallest absolute Gasteiger partial charge is 0.266 e. The third kappa shape index (κ3) is 3.67. The highest BCUT2D eigenvalue weighted by Gasteiger charge is 2.20. The first-order chi connectivity index (χ1) is 14.8. The molecule has 0 saturated carbocycles. The maximum absolute atomic E-state index is 12.3. The van der Waals surface area contributed by atoms with Gasteiger partial charge in [-0.15, -0.1) is 10.2 Å². The number of hydrogen-bond acceptors (Lipinski definition) is 7. The summed E-state index contributed by atoms with van der Waals surface area (Å²) in [6.45, 7) is 4.89. The number of anilines is 1. The fraction of sp³-hybridized carbons (Fsp3) is 0.286. The van der Waals surface area contributed by atoms with Gasteiger partial charge in [-0.1, -0.05) is 6.07 Å². The summed E-state index contributed by atoms with van der Waals surface area (Å²) in [5.41, 5.74) is 2.50. The Morgan fingerprint density at radius 3 is 2.53 bits per heavy atom. The fourth-order valence-corrected chi connectivity index (χ4v) is 3.74. The number of fused-ring (bicyclic) bond motifs is 1. The lowest BCUT2D eigenvalue weighted by Crippen LogP contribution is -2.48. The standard InChI is InChI=1S/C21H22N8O/c30-20-5-4-18(17-6-8-22-9-7-17)25-29(20)16-13-26-11-14-27(15-12-26)21-24-23-19-3-1-2-10-28(19)21/h1-10H,11-16H2. The molecule has 1 aliphatic rings. The van der Waals surface area contributed by atoms with Crippen LogP contribution in [0.3, 0.4) is 0 Å². The van der Waals surface area contributed by atoms with E-state index in [1.54, 1.807) is 29.2 Å². The first-order valence-electron chi connectivity index (χ1n) is 10.0. The first kappa shape index (κ1) is 18.4. The number of hydrogen-bond donors (Lipinski definition) is 0. The molecule has 1 fully saturated rings. The molecule has 0 aliphatic carbocycles. The number of rotatable bonds is 5. The van der Waals surface area contributed by atoms with Gasteiger partial charge in [0.15, 0.2) is 5.65 Å². The number of pyridine rings is 2. The summed E-state index contributed by atoms with van der Waals surface area (Å²) >= 11 is 0. The Morgan fingerprint density at radius 2 is 1.70 bits per heavy atom. The molecule has 0 spiro atoms. The molecule has 0 aromatic carbocycles. The summed E-state index contributed by atoms with van der Waals surface area (Å²) in [5.74, 6) is 0.883. The van der Waals surface area contributed by atoms with Crippen molar-refractivity contribution in [3.05, 3.63) is 71.4 Å². The highest BCUT2D eigenvalue weighted by molar-refractivity contribution is 5.57. The Morgan fingerprint density at radius 1 is 0.867 bits per heavy atom. The molecular formula is C21H22N8O. The van der Waals surface area contributed by atoms with E-state index in [-0.39, 0.29) is 5.56 Å². The summed E-state index contributed by atoms with van der Waals surface area (Å²) in [6, 6.07) is 13.0. The third-order valence-corrected chi connectivity index (χ3v) is 5.42. The van der Waals surface area contributed by atoms with Crippen LogP contribution in [0, 0.1) is 0 Å². The minimum absolute atomic E-state index is 0.0821. The molecule has 152 valence electrons. The van der Waals surface area contributed by atoms with E-state index in [4.69, 9.17) is 0 Å². The highest BCUT2D eigenvalue weighted by Crippen LogP contribution is 2.16. The van der Waals surface area contributed by atoms with E-state index in [9.17, 15) is 4.79 Å². The normalized spacial score (nSPS) is 15.0. The molecule has 0 atom stereocenters. The molecule has 5 heterocycles. The van der Waals surface area contributed by atoms with E-state index in [2.05, 4.69) is 30.1 Å². The van der Waals surface area contributed by atoms with Gasteiger partial charge in [-0.05, 0) is 30.3 Å². The molecular weight excluding hydrogens is 380 g/mol. The summed E-state index contributed by atoms with van der Waals surface area (Å²) in [4.78, 5) is 20.9. The molecule has 1 saturated heterocycles. The number of aromatic nitrogens is 6. The summed E-state index contributed by atoms with van der Waals surface area (Å²) < 4.78 is 3.57. The van der Waals surface area contributed by atoms with Crippen LogP contribution < -0.4 is 10.5 Å². The number of piperazine rings is 1. The molecule has 4 aromatic heterocycles. The molecule has 0 bridgehead atoms. The van der Waals surface area contributed by atoms with Gasteiger partial charge in [0, 0.05) is 62.9 Å². The third-order valence-electron chi connectivity index (χ3n) is 5.42. The lowest BCUT2D eigenvalue weighted by molar-refractivity contribution is 0.241. The van der Waals surface area contributed by atoms with Crippen molar-refractivity contribution in [2.24, 2.45) is 0 Å². The largest absolute Gasteiger partial charge is 0.338 e. The minimum atomic E-state index is -0.0821. The molecule has 9 heteroatoms. The molecule has 1 aliphatic heterocycles. The predicted octanol–water partition coefficient (Wildman–Crippen LogP) is 1.17. The van der Waals surface area contributed by atoms with Crippen molar-refractivity contribution >= 4 is 11.6 Å². The van der Waals surface area contributed by atoms with Crippen LogP contribution in [0.25, 0.3) is 16.9 Å². The topological polar surface area (TPSA) is 84.5 Å². The quantitative estimate of drug-likeness (QED) is 0.495. The summed E-state index contributed by atoms with van der Waals surface area (Å²) in [5, 5.41) is 13.1. The second-order valence-electron chi connectivity index (χ2n) is 7.27. The fourth-order valence-electron chi connectivity index (χ4n) is 3.74. The second kappa shape index (κ2) is 8.03. The van der Waals surface area contributed by atoms with Crippen LogP contribution >= 0.6 is 0 Å². The van der Waals surface area contributed by atoms with Crippen LogP contribution in [0.4, 0.5) is 5.95 Å². The van der Waals surface area contributed by atoms with Gasteiger partial charge >= 0.3 is 0 Å². The average Bonchev–Trinajstić information content (AvgIpc) is 3.24. The van der Waals surface area contributed by atoms with Gasteiger partial charge in [0.25, 0.3) is 5.56 Å². The van der Waals surface area contributed by atoms with Gasteiger partial charge in [-0.3, -0.25) is 19.1 Å². The molecule has 5 rings (SSSR count). The zero-order valence-corrected chi connectivity index (χ0v) is 16.5. The average molecular weight is 402 g/mol. The lowest BCUT2D eigenvalue weighted by atomic mass is 10.2. The number of nitrogens with zero attached hydrogens (tertiary/aromatic N) is 8. The van der Waals surface area contributed by atoms with Crippen LogP contribution in [0.2, 0.25) is 0 Å². The van der Waals surface area contributed by atoms with E-state index in [0.717, 1.165) is 55.6 Å². The van der Waals surface area contributed by atoms with E-state index in [0.29, 0.717) is 6.54 Å². The molecule has 30 heavy (non-hydrogen) atoms. The van der Waals surface area contributed by atoms with Gasteiger partial charge in [0.05, 0.1) is 12.2 Å². The predicted molar refractivity (Wildman–Crippen MR) is 113 cm³/mol. The van der Waals surface area contributed by atoms with Crippen LogP contribution in [0.15, 0.2) is 65.8 Å². The molecule has 0 unspecified atom stereocenters. The second-order valence-corrected chi connectivity index (χ2v) is 7.27. The van der Waals surface area contributed by atoms with Gasteiger partial charge in [0.1, 0.15) is 0 Å². The Bertz CT molecular complexity index is 1190. The van der Waals surface area contributed by atoms with Gasteiger partial charge in [0.2, 0.25) is 5.95 Å². The zero-order valence-electron chi connectivity index (χ0n) is 16.5. The van der Waals surface area contributed by atoms with Crippen LogP contribution in [0.5, 0.6) is 0 Å². The summed E-state index contributed by atoms with van der Waals surface area (Å²) in [7, 11) is 0. The summed E-state index contributed by atoms with van der Waals surface area (Å²) in [6.07, 6.45) is 5.44.